The second-order valence-corrected chi connectivity index (χ2v) is 7.46. The number of para-hydroxylation sites is 2. The lowest BCUT2D eigenvalue weighted by molar-refractivity contribution is 0.0195. The highest BCUT2D eigenvalue weighted by atomic mass is 127. The number of hydrogen-bond acceptors (Lipinski definition) is 4. The second-order valence-electron chi connectivity index (χ2n) is 7.46. The fraction of sp³-hybridized carbons (Fsp3) is 0.435. The largest absolute Gasteiger partial charge is 0.457 e. The zero-order valence-corrected chi connectivity index (χ0v) is 19.8. The Kier molecular flexibility index (Phi) is 8.77. The van der Waals surface area contributed by atoms with Crippen molar-refractivity contribution >= 4 is 29.9 Å². The van der Waals surface area contributed by atoms with Gasteiger partial charge in [-0.25, -0.2) is 0 Å². The average Bonchev–Trinajstić information content (AvgIpc) is 3.27. The Bertz CT molecular complexity index is 812. The molecule has 0 saturated carbocycles. The monoisotopic (exact) mass is 522 g/mol. The van der Waals surface area contributed by atoms with Crippen LogP contribution in [0.1, 0.15) is 12.0 Å². The lowest BCUT2D eigenvalue weighted by Crippen LogP contribution is -2.46. The van der Waals surface area contributed by atoms with Gasteiger partial charge in [0, 0.05) is 51.4 Å². The summed E-state index contributed by atoms with van der Waals surface area (Å²) in [4.78, 5) is 9.44. The number of likely N-dealkylation sites (tertiary alicyclic amines) is 1. The smallest absolute Gasteiger partial charge is 0.193 e. The van der Waals surface area contributed by atoms with E-state index in [-0.39, 0.29) is 24.0 Å². The molecule has 0 aliphatic carbocycles. The Morgan fingerprint density at radius 3 is 2.57 bits per heavy atom. The van der Waals surface area contributed by atoms with E-state index in [2.05, 4.69) is 26.2 Å². The van der Waals surface area contributed by atoms with Gasteiger partial charge in [-0.1, -0.05) is 36.4 Å². The van der Waals surface area contributed by atoms with Crippen molar-refractivity contribution in [3.8, 4) is 11.5 Å². The number of benzene rings is 2. The molecule has 0 aromatic heterocycles. The summed E-state index contributed by atoms with van der Waals surface area (Å²) < 4.78 is 11.6. The highest BCUT2D eigenvalue weighted by Crippen LogP contribution is 2.25. The minimum absolute atomic E-state index is 0. The quantitative estimate of drug-likeness (QED) is 0.370. The highest BCUT2D eigenvalue weighted by Gasteiger charge is 2.30. The maximum atomic E-state index is 6.09. The molecule has 162 valence electrons. The van der Waals surface area contributed by atoms with Crippen LogP contribution in [-0.4, -0.2) is 68.2 Å². The van der Waals surface area contributed by atoms with E-state index in [0.29, 0.717) is 12.6 Å². The Labute approximate surface area is 196 Å². The lowest BCUT2D eigenvalue weighted by atomic mass is 10.2. The van der Waals surface area contributed by atoms with Gasteiger partial charge in [0.05, 0.1) is 13.2 Å². The molecular weight excluding hydrogens is 491 g/mol. The highest BCUT2D eigenvalue weighted by molar-refractivity contribution is 14.0. The molecule has 0 radical (unpaired) electrons. The number of nitrogens with zero attached hydrogens (tertiary/aromatic N) is 3. The third kappa shape index (κ3) is 5.86. The van der Waals surface area contributed by atoms with Crippen molar-refractivity contribution in [3.63, 3.8) is 0 Å². The molecule has 0 bridgehead atoms. The normalized spacial score (nSPS) is 20.0. The molecule has 4 rings (SSSR count). The first-order valence-corrected chi connectivity index (χ1v) is 10.4. The fourth-order valence-corrected chi connectivity index (χ4v) is 4.05. The van der Waals surface area contributed by atoms with E-state index in [0.717, 1.165) is 62.4 Å². The van der Waals surface area contributed by atoms with E-state index >= 15 is 0 Å². The van der Waals surface area contributed by atoms with Crippen molar-refractivity contribution in [1.82, 2.24) is 15.1 Å². The van der Waals surface area contributed by atoms with Crippen LogP contribution < -0.4 is 10.1 Å². The summed E-state index contributed by atoms with van der Waals surface area (Å²) in [6.07, 6.45) is 1.18. The van der Waals surface area contributed by atoms with Crippen LogP contribution in [0.2, 0.25) is 0 Å². The van der Waals surface area contributed by atoms with Gasteiger partial charge in [-0.15, -0.1) is 24.0 Å². The molecule has 1 unspecified atom stereocenters. The van der Waals surface area contributed by atoms with Gasteiger partial charge in [0.2, 0.25) is 0 Å². The molecule has 2 aliphatic rings. The van der Waals surface area contributed by atoms with E-state index in [1.54, 1.807) is 0 Å². The summed E-state index contributed by atoms with van der Waals surface area (Å²) >= 11 is 0. The maximum Gasteiger partial charge on any atom is 0.193 e. The molecule has 7 heteroatoms. The van der Waals surface area contributed by atoms with Crippen molar-refractivity contribution in [2.45, 2.75) is 19.0 Å². The van der Waals surface area contributed by atoms with Crippen LogP contribution in [0, 0.1) is 0 Å². The molecule has 0 amide bonds. The van der Waals surface area contributed by atoms with Crippen LogP contribution in [0.4, 0.5) is 0 Å². The first-order valence-electron chi connectivity index (χ1n) is 10.4. The van der Waals surface area contributed by atoms with Crippen LogP contribution in [0.15, 0.2) is 59.6 Å². The van der Waals surface area contributed by atoms with Crippen LogP contribution in [0.5, 0.6) is 11.5 Å². The van der Waals surface area contributed by atoms with Gasteiger partial charge in [-0.3, -0.25) is 9.89 Å². The summed E-state index contributed by atoms with van der Waals surface area (Å²) in [5.41, 5.74) is 1.11. The van der Waals surface area contributed by atoms with Crippen molar-refractivity contribution in [2.24, 2.45) is 4.99 Å². The third-order valence-corrected chi connectivity index (χ3v) is 5.62. The summed E-state index contributed by atoms with van der Waals surface area (Å²) in [6, 6.07) is 18.6. The van der Waals surface area contributed by atoms with Crippen LogP contribution in [0.3, 0.4) is 0 Å². The number of nitrogens with one attached hydrogen (secondary N) is 1. The Morgan fingerprint density at radius 1 is 1.07 bits per heavy atom. The molecule has 6 nitrogen and oxygen atoms in total. The SMILES string of the molecule is CN=C(NCc1ccccc1Oc1ccccc1)N1CCC(N2CCOCC2)C1.I. The van der Waals surface area contributed by atoms with Crippen molar-refractivity contribution < 1.29 is 9.47 Å². The number of hydrogen-bond donors (Lipinski definition) is 1. The van der Waals surface area contributed by atoms with Gasteiger partial charge < -0.3 is 19.7 Å². The van der Waals surface area contributed by atoms with Gasteiger partial charge in [0.15, 0.2) is 5.96 Å². The molecule has 1 N–H and O–H groups in total. The predicted molar refractivity (Wildman–Crippen MR) is 131 cm³/mol. The molecule has 2 aromatic carbocycles. The molecule has 2 aliphatic heterocycles. The number of aliphatic imine (C=N–C) groups is 1. The maximum absolute atomic E-state index is 6.09. The summed E-state index contributed by atoms with van der Waals surface area (Å²) in [7, 11) is 1.86. The molecule has 2 heterocycles. The molecule has 2 fully saturated rings. The van der Waals surface area contributed by atoms with Crippen molar-refractivity contribution in [3.05, 3.63) is 60.2 Å². The number of guanidine groups is 1. The molecule has 2 saturated heterocycles. The first kappa shape index (κ1) is 22.8. The Morgan fingerprint density at radius 2 is 1.80 bits per heavy atom. The van der Waals surface area contributed by atoms with Crippen molar-refractivity contribution in [2.75, 3.05) is 46.4 Å². The molecule has 0 spiro atoms. The predicted octanol–water partition coefficient (Wildman–Crippen LogP) is 3.58. The van der Waals surface area contributed by atoms with Gasteiger partial charge in [0.1, 0.15) is 11.5 Å². The minimum Gasteiger partial charge on any atom is -0.457 e. The minimum atomic E-state index is 0. The Hall–Kier alpha value is -1.84. The molecule has 2 aromatic rings. The van der Waals surface area contributed by atoms with E-state index in [9.17, 15) is 0 Å². The van der Waals surface area contributed by atoms with Crippen LogP contribution >= 0.6 is 24.0 Å². The summed E-state index contributed by atoms with van der Waals surface area (Å²) in [5.74, 6) is 2.67. The van der Waals surface area contributed by atoms with Gasteiger partial charge in [0.25, 0.3) is 0 Å². The molecular formula is C23H31IN4O2. The number of rotatable bonds is 5. The van der Waals surface area contributed by atoms with E-state index in [1.165, 1.54) is 6.42 Å². The Balaban J connectivity index is 0.00000256. The molecule has 30 heavy (non-hydrogen) atoms. The third-order valence-electron chi connectivity index (χ3n) is 5.62. The topological polar surface area (TPSA) is 49.3 Å². The van der Waals surface area contributed by atoms with E-state index < -0.39 is 0 Å². The van der Waals surface area contributed by atoms with Crippen LogP contribution in [-0.2, 0) is 11.3 Å². The standard InChI is InChI=1S/C23H30N4O2.HI/c1-24-23(27-12-11-20(18-27)26-13-15-28-16-14-26)25-17-19-7-5-6-10-22(19)29-21-8-3-2-4-9-21;/h2-10,20H,11-18H2,1H3,(H,24,25);1H. The van der Waals surface area contributed by atoms with E-state index in [4.69, 9.17) is 9.47 Å². The van der Waals surface area contributed by atoms with Gasteiger partial charge >= 0.3 is 0 Å². The summed E-state index contributed by atoms with van der Waals surface area (Å²) in [6.45, 7) is 6.49. The average molecular weight is 522 g/mol. The lowest BCUT2D eigenvalue weighted by Gasteiger charge is -2.32. The zero-order chi connectivity index (χ0) is 19.9. The van der Waals surface area contributed by atoms with Crippen LogP contribution in [0.25, 0.3) is 0 Å². The number of halogens is 1. The number of morpholine rings is 1. The zero-order valence-electron chi connectivity index (χ0n) is 17.5. The van der Waals surface area contributed by atoms with E-state index in [1.807, 2.05) is 55.6 Å². The molecule has 1 atom stereocenters. The number of ether oxygens (including phenoxy) is 2. The second kappa shape index (κ2) is 11.5. The van der Waals surface area contributed by atoms with Gasteiger partial charge in [-0.2, -0.15) is 0 Å². The fourth-order valence-electron chi connectivity index (χ4n) is 4.05. The van der Waals surface area contributed by atoms with Crippen molar-refractivity contribution in [1.29, 1.82) is 0 Å². The first-order chi connectivity index (χ1) is 14.3. The van der Waals surface area contributed by atoms with Gasteiger partial charge in [-0.05, 0) is 24.6 Å². The summed E-state index contributed by atoms with van der Waals surface area (Å²) in [5, 5.41) is 3.53.